The number of benzene rings is 2. The van der Waals surface area contributed by atoms with Gasteiger partial charge in [-0.05, 0) is 49.6 Å². The Labute approximate surface area is 208 Å². The van der Waals surface area contributed by atoms with Crippen LogP contribution in [-0.4, -0.2) is 21.6 Å². The summed E-state index contributed by atoms with van der Waals surface area (Å²) in [6, 6.07) is 19.9. The van der Waals surface area contributed by atoms with Crippen molar-refractivity contribution in [2.75, 3.05) is 4.90 Å². The number of amides is 2. The molecule has 2 aromatic carbocycles. The lowest BCUT2D eigenvalue weighted by Gasteiger charge is -2.13. The van der Waals surface area contributed by atoms with Crippen LogP contribution in [0.4, 0.5) is 5.69 Å². The van der Waals surface area contributed by atoms with Crippen molar-refractivity contribution < 1.29 is 14.2 Å². The van der Waals surface area contributed by atoms with Crippen molar-refractivity contribution in [1.29, 1.82) is 0 Å². The van der Waals surface area contributed by atoms with Crippen molar-refractivity contribution in [2.24, 2.45) is 0 Å². The van der Waals surface area contributed by atoms with Crippen LogP contribution < -0.4 is 15.0 Å². The third kappa shape index (κ3) is 3.69. The molecule has 1 aliphatic heterocycles. The summed E-state index contributed by atoms with van der Waals surface area (Å²) in [5.41, 5.74) is 3.80. The number of pyridine rings is 1. The second-order valence-corrected chi connectivity index (χ2v) is 9.25. The van der Waals surface area contributed by atoms with Crippen molar-refractivity contribution in [3.63, 3.8) is 0 Å². The van der Waals surface area contributed by atoms with E-state index < -0.39 is 11.8 Å². The van der Waals surface area contributed by atoms with Gasteiger partial charge in [-0.25, -0.2) is 9.58 Å². The third-order valence-corrected chi connectivity index (χ3v) is 6.53. The second-order valence-electron chi connectivity index (χ2n) is 9.25. The van der Waals surface area contributed by atoms with Gasteiger partial charge in [0.05, 0.1) is 16.9 Å². The summed E-state index contributed by atoms with van der Waals surface area (Å²) in [7, 11) is 0. The van der Waals surface area contributed by atoms with Crippen LogP contribution in [0.15, 0.2) is 83.9 Å². The van der Waals surface area contributed by atoms with E-state index in [2.05, 4.69) is 5.10 Å². The lowest BCUT2D eigenvalue weighted by molar-refractivity contribution is -0.577. The Kier molecular flexibility index (Phi) is 5.76. The van der Waals surface area contributed by atoms with E-state index in [1.54, 1.807) is 35.0 Å². The number of anilines is 1. The SMILES string of the molecule is Cc1cc[n+](C2=C(c3c(C(C)C)[nH]n(-c4ccccc4)c3=O)C(=O)N(c3ccccc3)C2=O)cc1C. The minimum absolute atomic E-state index is 0.0942. The highest BCUT2D eigenvalue weighted by atomic mass is 16.2. The van der Waals surface area contributed by atoms with Crippen LogP contribution >= 0.6 is 0 Å². The van der Waals surface area contributed by atoms with Crippen molar-refractivity contribution in [3.8, 4) is 5.69 Å². The van der Waals surface area contributed by atoms with Gasteiger partial charge in [0.15, 0.2) is 12.4 Å². The molecule has 7 heteroatoms. The summed E-state index contributed by atoms with van der Waals surface area (Å²) in [6.45, 7) is 7.82. The zero-order valence-corrected chi connectivity index (χ0v) is 20.6. The van der Waals surface area contributed by atoms with Crippen LogP contribution in [0.1, 0.15) is 42.1 Å². The number of imide groups is 1. The van der Waals surface area contributed by atoms with Crippen molar-refractivity contribution in [2.45, 2.75) is 33.6 Å². The van der Waals surface area contributed by atoms with Gasteiger partial charge in [-0.15, -0.1) is 0 Å². The van der Waals surface area contributed by atoms with Gasteiger partial charge >= 0.3 is 5.91 Å². The van der Waals surface area contributed by atoms with Gasteiger partial charge in [0, 0.05) is 17.3 Å². The molecule has 1 N–H and O–H groups in total. The smallest absolute Gasteiger partial charge is 0.294 e. The minimum Gasteiger partial charge on any atom is -0.294 e. The number of hydrogen-bond acceptors (Lipinski definition) is 3. The molecule has 0 radical (unpaired) electrons. The Balaban J connectivity index is 1.82. The lowest BCUT2D eigenvalue weighted by Crippen LogP contribution is -2.40. The number of carbonyl (C=O) groups is 2. The molecule has 0 bridgehead atoms. The first-order valence-electron chi connectivity index (χ1n) is 11.9. The van der Waals surface area contributed by atoms with Gasteiger partial charge in [-0.2, -0.15) is 4.57 Å². The van der Waals surface area contributed by atoms with E-state index in [0.29, 0.717) is 17.1 Å². The monoisotopic (exact) mass is 479 g/mol. The van der Waals surface area contributed by atoms with Gasteiger partial charge in [-0.1, -0.05) is 50.2 Å². The van der Waals surface area contributed by atoms with Gasteiger partial charge in [-0.3, -0.25) is 19.5 Å². The number of aromatic amines is 1. The summed E-state index contributed by atoms with van der Waals surface area (Å²) in [5.74, 6) is -1.11. The average Bonchev–Trinajstić information content (AvgIpc) is 3.34. The maximum atomic E-state index is 14.0. The van der Waals surface area contributed by atoms with Crippen LogP contribution in [-0.2, 0) is 9.59 Å². The predicted molar refractivity (Wildman–Crippen MR) is 139 cm³/mol. The van der Waals surface area contributed by atoms with Gasteiger partial charge in [0.1, 0.15) is 5.57 Å². The second kappa shape index (κ2) is 8.92. The van der Waals surface area contributed by atoms with E-state index in [1.165, 1.54) is 4.68 Å². The standard InChI is InChI=1S/C29H26N4O3/c1-18(2)25-23(28(35)33(30-25)22-13-9-6-10-14-22)24-26(31-16-15-19(3)20(4)17-31)29(36)32(27(24)34)21-11-7-5-8-12-21/h5-18H,1-4H3/p+1. The van der Waals surface area contributed by atoms with Crippen LogP contribution in [0.5, 0.6) is 0 Å². The van der Waals surface area contributed by atoms with Crippen LogP contribution in [0, 0.1) is 13.8 Å². The van der Waals surface area contributed by atoms with Crippen molar-refractivity contribution >= 4 is 28.8 Å². The topological polar surface area (TPSA) is 79.1 Å². The van der Waals surface area contributed by atoms with Crippen LogP contribution in [0.3, 0.4) is 0 Å². The zero-order valence-electron chi connectivity index (χ0n) is 20.6. The summed E-state index contributed by atoms with van der Waals surface area (Å²) >= 11 is 0. The lowest BCUT2D eigenvalue weighted by atomic mass is 9.98. The molecule has 3 heterocycles. The highest BCUT2D eigenvalue weighted by Gasteiger charge is 2.48. The fraction of sp³-hybridized carbons (Fsp3) is 0.172. The molecule has 4 aromatic rings. The van der Waals surface area contributed by atoms with E-state index in [1.807, 2.05) is 76.4 Å². The minimum atomic E-state index is -0.523. The molecule has 1 aliphatic rings. The van der Waals surface area contributed by atoms with Crippen molar-refractivity contribution in [3.05, 3.63) is 112 Å². The number of H-pyrrole nitrogens is 1. The Morgan fingerprint density at radius 2 is 1.39 bits per heavy atom. The number of para-hydroxylation sites is 2. The molecule has 180 valence electrons. The fourth-order valence-electron chi connectivity index (χ4n) is 4.48. The van der Waals surface area contributed by atoms with Gasteiger partial charge < -0.3 is 0 Å². The first-order chi connectivity index (χ1) is 17.3. The third-order valence-electron chi connectivity index (χ3n) is 6.53. The van der Waals surface area contributed by atoms with Crippen LogP contribution in [0.25, 0.3) is 17.0 Å². The number of carbonyl (C=O) groups excluding carboxylic acids is 2. The maximum absolute atomic E-state index is 14.0. The zero-order chi connectivity index (χ0) is 25.6. The molecule has 5 rings (SSSR count). The Morgan fingerprint density at radius 1 is 0.778 bits per heavy atom. The van der Waals surface area contributed by atoms with Gasteiger partial charge in [0.25, 0.3) is 17.2 Å². The van der Waals surface area contributed by atoms with E-state index in [4.69, 9.17) is 0 Å². The first kappa shape index (κ1) is 23.2. The van der Waals surface area contributed by atoms with E-state index >= 15 is 0 Å². The highest BCUT2D eigenvalue weighted by Crippen LogP contribution is 2.35. The molecular formula is C29H27N4O3+. The number of aromatic nitrogens is 3. The molecule has 7 nitrogen and oxygen atoms in total. The number of aryl methyl sites for hydroxylation is 2. The summed E-state index contributed by atoms with van der Waals surface area (Å²) < 4.78 is 3.09. The molecule has 0 aliphatic carbocycles. The van der Waals surface area contributed by atoms with Crippen LogP contribution in [0.2, 0.25) is 0 Å². The van der Waals surface area contributed by atoms with Crippen molar-refractivity contribution in [1.82, 2.24) is 9.78 Å². The number of nitrogens with one attached hydrogen (secondary N) is 1. The van der Waals surface area contributed by atoms with Gasteiger partial charge in [0.2, 0.25) is 0 Å². The predicted octanol–water partition coefficient (Wildman–Crippen LogP) is 4.14. The van der Waals surface area contributed by atoms with E-state index in [-0.39, 0.29) is 28.3 Å². The van der Waals surface area contributed by atoms with E-state index in [0.717, 1.165) is 16.0 Å². The summed E-state index contributed by atoms with van der Waals surface area (Å²) in [4.78, 5) is 42.9. The molecule has 0 unspecified atom stereocenters. The number of rotatable bonds is 5. The average molecular weight is 480 g/mol. The molecule has 0 saturated carbocycles. The Morgan fingerprint density at radius 3 is 1.97 bits per heavy atom. The molecular weight excluding hydrogens is 452 g/mol. The summed E-state index contributed by atoms with van der Waals surface area (Å²) in [5, 5.41) is 3.20. The number of nitrogens with zero attached hydrogens (tertiary/aromatic N) is 3. The maximum Gasteiger partial charge on any atom is 0.331 e. The largest absolute Gasteiger partial charge is 0.331 e. The van der Waals surface area contributed by atoms with E-state index in [9.17, 15) is 14.4 Å². The molecule has 0 atom stereocenters. The number of hydrogen-bond donors (Lipinski definition) is 1. The summed E-state index contributed by atoms with van der Waals surface area (Å²) in [6.07, 6.45) is 3.58. The molecule has 2 aromatic heterocycles. The molecule has 36 heavy (non-hydrogen) atoms. The molecule has 0 saturated heterocycles. The quantitative estimate of drug-likeness (QED) is 0.345. The Bertz CT molecular complexity index is 1580. The first-order valence-corrected chi connectivity index (χ1v) is 11.9. The molecule has 0 fully saturated rings. The highest BCUT2D eigenvalue weighted by molar-refractivity contribution is 6.53. The normalized spacial score (nSPS) is 13.9. The molecule has 0 spiro atoms. The Hall–Kier alpha value is -4.52. The fourth-order valence-corrected chi connectivity index (χ4v) is 4.48. The molecule has 2 amide bonds.